The summed E-state index contributed by atoms with van der Waals surface area (Å²) in [5, 5.41) is 29.6. The van der Waals surface area contributed by atoms with Crippen molar-refractivity contribution in [3.63, 3.8) is 0 Å². The second-order valence-electron chi connectivity index (χ2n) is 14.4. The number of unbranched alkanes of at least 4 members (excludes halogenated alkanes) is 5. The third kappa shape index (κ3) is 76.1. The molecule has 0 aliphatic carbocycles. The molecule has 70 heavy (non-hydrogen) atoms. The first-order valence-electron chi connectivity index (χ1n) is 22.6. The third-order valence-corrected chi connectivity index (χ3v) is 8.86. The molecule has 432 valence electrons. The normalized spacial score (nSPS) is 9.24. The van der Waals surface area contributed by atoms with E-state index < -0.39 is 0 Å². The van der Waals surface area contributed by atoms with Gasteiger partial charge in [0, 0.05) is 64.8 Å². The molecule has 1 rings (SSSR count). The summed E-state index contributed by atoms with van der Waals surface area (Å²) in [4.78, 5) is 45.8. The highest BCUT2D eigenvalue weighted by Gasteiger charge is 2.04. The molecule has 0 aliphatic rings. The Bertz CT molecular complexity index is 1110. The van der Waals surface area contributed by atoms with Crippen molar-refractivity contribution in [2.75, 3.05) is 105 Å². The summed E-state index contributed by atoms with van der Waals surface area (Å²) < 4.78 is 21.6. The minimum absolute atomic E-state index is 0. The Morgan fingerprint density at radius 3 is 1.51 bits per heavy atom. The predicted octanol–water partition coefficient (Wildman–Crippen LogP) is -5.45. The van der Waals surface area contributed by atoms with Crippen molar-refractivity contribution in [3.8, 4) is 0 Å². The fourth-order valence-corrected chi connectivity index (χ4v) is 5.42. The van der Waals surface area contributed by atoms with E-state index in [1.54, 1.807) is 0 Å². The number of ketones is 2. The summed E-state index contributed by atoms with van der Waals surface area (Å²) in [6, 6.07) is 0. The molecule has 0 aliphatic heterocycles. The molecule has 0 saturated carbocycles. The van der Waals surface area contributed by atoms with Crippen LogP contribution in [0.2, 0.25) is 0 Å². The van der Waals surface area contributed by atoms with E-state index in [0.717, 1.165) is 122 Å². The van der Waals surface area contributed by atoms with Crippen molar-refractivity contribution in [1.29, 1.82) is 0 Å². The van der Waals surface area contributed by atoms with Crippen molar-refractivity contribution < 1.29 is 98.4 Å². The number of hydrogen-bond acceptors (Lipinski definition) is 14. The second-order valence-corrected chi connectivity index (χ2v) is 14.4. The summed E-state index contributed by atoms with van der Waals surface area (Å²) >= 11 is 0. The smallest absolute Gasteiger partial charge is 0.220 e. The summed E-state index contributed by atoms with van der Waals surface area (Å²) in [5.74, 6) is 1.40. The Labute approximate surface area is 415 Å². The number of hydrogen-bond donors (Lipinski definition) is 6. The van der Waals surface area contributed by atoms with Crippen molar-refractivity contribution in [1.82, 2.24) is 47.2 Å². The van der Waals surface area contributed by atoms with Crippen LogP contribution in [0.3, 0.4) is 0 Å². The number of nitrogens with one attached hydrogen (secondary N) is 6. The lowest BCUT2D eigenvalue weighted by Crippen LogP contribution is -2.27. The first kappa shape index (κ1) is 96.2. The standard InChI is InChI=1S/C23H47N3O4.C19H36N6O4.11H2O/c1-3-5-13-24-15-9-11-22(27)12-10-18-29-20-21-30-19-17-25-14-7-6-8-16-26-23(28)4-2;1-2-7-17(26)16-29-15-14-28-13-12-21-19(27)9-4-6-11-20-10-5-3-8-18-22-24-25-23-18;;;;;;;;;;;/h24-25H,3-21H2,1-2H3,(H,26,28);20H,2-16H2,1H3,(H,21,27)(H,22,23,24,25);11*1H2. The van der Waals surface area contributed by atoms with Gasteiger partial charge in [0.25, 0.3) is 0 Å². The molecule has 0 fully saturated rings. The SMILES string of the molecule is CCCC(=O)COCCOCCNC(=O)CCCCNCCCCc1nn[nH]n1.CCCCNCCCC(=O)CCCOCCOCCNCCCCCNC(=O)CC.O.O.O.O.O.O.O.O.O.O.O. The van der Waals surface area contributed by atoms with Gasteiger partial charge in [-0.2, -0.15) is 5.21 Å². The number of aromatic nitrogens is 4. The van der Waals surface area contributed by atoms with Gasteiger partial charge in [0.2, 0.25) is 11.8 Å². The van der Waals surface area contributed by atoms with Gasteiger partial charge in [0.05, 0.1) is 39.6 Å². The number of amides is 2. The van der Waals surface area contributed by atoms with Gasteiger partial charge in [-0.1, -0.05) is 38.8 Å². The summed E-state index contributed by atoms with van der Waals surface area (Å²) in [6.07, 6.45) is 15.9. The zero-order valence-corrected chi connectivity index (χ0v) is 42.6. The van der Waals surface area contributed by atoms with Crippen LogP contribution in [0, 0.1) is 0 Å². The monoisotopic (exact) mass is 1040 g/mol. The third-order valence-electron chi connectivity index (χ3n) is 8.86. The van der Waals surface area contributed by atoms with Crippen LogP contribution in [0.4, 0.5) is 0 Å². The number of aryl methyl sites for hydroxylation is 1. The Kier molecular flexibility index (Phi) is 110. The van der Waals surface area contributed by atoms with Gasteiger partial charge in [-0.3, -0.25) is 19.2 Å². The topological polar surface area (TPSA) is 566 Å². The highest BCUT2D eigenvalue weighted by molar-refractivity contribution is 5.79. The molecule has 28 N–H and O–H groups in total. The van der Waals surface area contributed by atoms with E-state index in [9.17, 15) is 19.2 Å². The van der Waals surface area contributed by atoms with E-state index in [2.05, 4.69) is 54.1 Å². The van der Waals surface area contributed by atoms with Gasteiger partial charge in [0.1, 0.15) is 12.4 Å². The highest BCUT2D eigenvalue weighted by atomic mass is 16.5. The molecule has 0 saturated heterocycles. The van der Waals surface area contributed by atoms with Crippen LogP contribution in [0.25, 0.3) is 0 Å². The summed E-state index contributed by atoms with van der Waals surface area (Å²) in [7, 11) is 0. The maximum Gasteiger partial charge on any atom is 0.220 e. The van der Waals surface area contributed by atoms with Crippen LogP contribution in [-0.4, -0.2) is 209 Å². The van der Waals surface area contributed by atoms with Crippen molar-refractivity contribution in [3.05, 3.63) is 5.82 Å². The molecule has 1 aromatic rings. The Balaban J connectivity index is -0.0000000831. The van der Waals surface area contributed by atoms with Gasteiger partial charge in [-0.05, 0) is 96.9 Å². The molecule has 0 spiro atoms. The number of ether oxygens (including phenoxy) is 4. The molecule has 28 nitrogen and oxygen atoms in total. The average molecular weight is 1040 g/mol. The number of nitrogens with zero attached hydrogens (tertiary/aromatic N) is 3. The van der Waals surface area contributed by atoms with Crippen LogP contribution in [0.15, 0.2) is 0 Å². The number of carbonyl (C=O) groups is 4. The molecule has 0 radical (unpaired) electrons. The average Bonchev–Trinajstić information content (AvgIpc) is 3.76. The number of Topliss-reactive ketones (excluding diaryl/α,β-unsaturated/α-hetero) is 2. The van der Waals surface area contributed by atoms with Crippen molar-refractivity contribution >= 4 is 23.4 Å². The molecule has 28 heteroatoms. The number of rotatable bonds is 44. The largest absolute Gasteiger partial charge is 0.412 e. The van der Waals surface area contributed by atoms with E-state index in [4.69, 9.17) is 18.9 Å². The molecular weight excluding hydrogens is 935 g/mol. The van der Waals surface area contributed by atoms with Crippen LogP contribution in [0.5, 0.6) is 0 Å². The first-order valence-corrected chi connectivity index (χ1v) is 22.6. The molecule has 2 amide bonds. The molecular formula is C42H105N9O19. The first-order chi connectivity index (χ1) is 28.9. The minimum atomic E-state index is 0. The molecule has 0 bridgehead atoms. The lowest BCUT2D eigenvalue weighted by Gasteiger charge is -2.07. The predicted molar refractivity (Wildman–Crippen MR) is 271 cm³/mol. The number of aromatic amines is 1. The minimum Gasteiger partial charge on any atom is -0.412 e. The molecule has 0 unspecified atom stereocenters. The summed E-state index contributed by atoms with van der Waals surface area (Å²) in [6.45, 7) is 16.9. The Morgan fingerprint density at radius 2 is 0.929 bits per heavy atom. The maximum atomic E-state index is 11.8. The van der Waals surface area contributed by atoms with Crippen LogP contribution in [0.1, 0.15) is 136 Å². The summed E-state index contributed by atoms with van der Waals surface area (Å²) in [5.41, 5.74) is 0. The number of carbonyl (C=O) groups excluding carboxylic acids is 4. The lowest BCUT2D eigenvalue weighted by molar-refractivity contribution is -0.124. The molecule has 1 aromatic heterocycles. The number of tetrazole rings is 1. The van der Waals surface area contributed by atoms with Gasteiger partial charge in [0.15, 0.2) is 11.6 Å². The van der Waals surface area contributed by atoms with E-state index in [1.165, 1.54) is 12.8 Å². The fourth-order valence-electron chi connectivity index (χ4n) is 5.42. The van der Waals surface area contributed by atoms with Crippen molar-refractivity contribution in [2.24, 2.45) is 0 Å². The van der Waals surface area contributed by atoms with Crippen LogP contribution >= 0.6 is 0 Å². The second kappa shape index (κ2) is 79.8. The van der Waals surface area contributed by atoms with Gasteiger partial charge >= 0.3 is 0 Å². The van der Waals surface area contributed by atoms with Gasteiger partial charge < -0.3 is 106 Å². The fraction of sp³-hybridized carbons (Fsp3) is 0.881. The Morgan fingerprint density at radius 1 is 0.429 bits per heavy atom. The van der Waals surface area contributed by atoms with Crippen LogP contribution in [-0.2, 0) is 44.5 Å². The molecule has 1 heterocycles. The Hall–Kier alpha value is -3.37. The van der Waals surface area contributed by atoms with E-state index >= 15 is 0 Å². The quantitative estimate of drug-likeness (QED) is 0.0333. The zero-order chi connectivity index (χ0) is 43.1. The molecule has 0 aromatic carbocycles. The van der Waals surface area contributed by atoms with E-state index in [-0.39, 0.29) is 84.4 Å². The zero-order valence-electron chi connectivity index (χ0n) is 42.6. The van der Waals surface area contributed by atoms with Crippen LogP contribution < -0.4 is 26.6 Å². The lowest BCUT2D eigenvalue weighted by atomic mass is 10.1. The maximum absolute atomic E-state index is 11.8. The van der Waals surface area contributed by atoms with E-state index in [0.29, 0.717) is 90.7 Å². The van der Waals surface area contributed by atoms with Gasteiger partial charge in [-0.25, -0.2) is 0 Å². The number of H-pyrrole nitrogens is 1. The van der Waals surface area contributed by atoms with Gasteiger partial charge in [-0.15, -0.1) is 10.2 Å². The molecule has 0 atom stereocenters. The van der Waals surface area contributed by atoms with Crippen molar-refractivity contribution in [2.45, 2.75) is 136 Å². The van der Waals surface area contributed by atoms with E-state index in [1.807, 2.05) is 13.8 Å². The highest BCUT2D eigenvalue weighted by Crippen LogP contribution is 2.00.